The first-order chi connectivity index (χ1) is 12.8. The average molecular weight is 412 g/mol. The minimum atomic E-state index is -4.82. The van der Waals surface area contributed by atoms with Gasteiger partial charge >= 0.3 is 16.4 Å². The maximum Gasteiger partial charge on any atom is 0.418 e. The summed E-state index contributed by atoms with van der Waals surface area (Å²) in [4.78, 5) is 29.6. The van der Waals surface area contributed by atoms with Crippen molar-refractivity contribution in [2.24, 2.45) is 0 Å². The number of fused-ring (bicyclic) bond motifs is 2. The van der Waals surface area contributed by atoms with Gasteiger partial charge in [0.2, 0.25) is 0 Å². The third-order valence-corrected chi connectivity index (χ3v) is 4.89. The topological polar surface area (TPSA) is 147 Å². The van der Waals surface area contributed by atoms with Crippen LogP contribution in [-0.4, -0.2) is 68.8 Å². The fourth-order valence-corrected chi connectivity index (χ4v) is 3.67. The van der Waals surface area contributed by atoms with Crippen molar-refractivity contribution in [3.8, 4) is 0 Å². The Labute approximate surface area is 156 Å². The first-order valence-corrected chi connectivity index (χ1v) is 9.77. The fourth-order valence-electron chi connectivity index (χ4n) is 2.77. The second kappa shape index (κ2) is 6.41. The Morgan fingerprint density at radius 3 is 2.96 bits per heavy atom. The maximum atomic E-state index is 12.2. The predicted octanol–water partition coefficient (Wildman–Crippen LogP) is 0.287. The molecule has 2 aromatic rings. The molecule has 2 aliphatic heterocycles. The van der Waals surface area contributed by atoms with E-state index in [1.807, 2.05) is 0 Å². The number of carbonyl (C=O) groups is 2. The molecule has 2 bridgehead atoms. The lowest BCUT2D eigenvalue weighted by molar-refractivity contribution is -0.0183. The zero-order valence-electron chi connectivity index (χ0n) is 13.4. The number of aromatic nitrogens is 3. The normalized spacial score (nSPS) is 19.4. The van der Waals surface area contributed by atoms with Crippen molar-refractivity contribution in [2.75, 3.05) is 18.4 Å². The number of hydrogen-bond acceptors (Lipinski definition) is 8. The van der Waals surface area contributed by atoms with Crippen LogP contribution in [0.5, 0.6) is 0 Å². The van der Waals surface area contributed by atoms with Gasteiger partial charge in [-0.2, -0.15) is 18.6 Å². The fraction of sp³-hybridized carbons (Fsp3) is 0.231. The molecule has 2 N–H and O–H groups in total. The zero-order chi connectivity index (χ0) is 19.2. The number of nitrogens with one attached hydrogen (secondary N) is 1. The SMILES string of the molecule is O=C(Nc1nccs1)c1ccn(C2=CC3CN(C2)C(=O)N3OS(=O)(=O)O)n1. The lowest BCUT2D eigenvalue weighted by Crippen LogP contribution is -2.35. The molecule has 4 rings (SSSR count). The standard InChI is InChI=1S/C13H12N6O6S2/c20-11(15-12-14-2-4-26-12)10-1-3-18(16-10)8-5-9-7-17(6-8)13(21)19(9)25-27(22,23)24/h1-5,9H,6-7H2,(H,14,15,20)(H,22,23,24). The van der Waals surface area contributed by atoms with E-state index < -0.39 is 28.4 Å². The van der Waals surface area contributed by atoms with Crippen molar-refractivity contribution >= 4 is 44.5 Å². The molecule has 0 aliphatic carbocycles. The summed E-state index contributed by atoms with van der Waals surface area (Å²) < 4.78 is 36.4. The van der Waals surface area contributed by atoms with Gasteiger partial charge in [-0.1, -0.05) is 0 Å². The highest BCUT2D eigenvalue weighted by molar-refractivity contribution is 7.80. The van der Waals surface area contributed by atoms with Crippen molar-refractivity contribution in [1.29, 1.82) is 0 Å². The Morgan fingerprint density at radius 2 is 2.26 bits per heavy atom. The van der Waals surface area contributed by atoms with E-state index in [9.17, 15) is 18.0 Å². The third-order valence-electron chi connectivity index (χ3n) is 3.85. The molecule has 1 unspecified atom stereocenters. The van der Waals surface area contributed by atoms with Gasteiger partial charge in [-0.3, -0.25) is 14.7 Å². The van der Waals surface area contributed by atoms with Crippen molar-refractivity contribution in [3.05, 3.63) is 35.6 Å². The van der Waals surface area contributed by atoms with Gasteiger partial charge in [0.1, 0.15) is 6.04 Å². The van der Waals surface area contributed by atoms with Gasteiger partial charge in [-0.05, 0) is 12.1 Å². The van der Waals surface area contributed by atoms with E-state index in [0.717, 1.165) is 0 Å². The third kappa shape index (κ3) is 3.55. The van der Waals surface area contributed by atoms with Crippen LogP contribution < -0.4 is 5.32 Å². The van der Waals surface area contributed by atoms with Crippen LogP contribution >= 0.6 is 11.3 Å². The summed E-state index contributed by atoms with van der Waals surface area (Å²) in [5, 5.41) is 9.55. The number of carbonyl (C=O) groups excluding carboxylic acids is 2. The summed E-state index contributed by atoms with van der Waals surface area (Å²) in [5.74, 6) is -0.434. The Balaban J connectivity index is 1.53. The van der Waals surface area contributed by atoms with Crippen LogP contribution in [0, 0.1) is 0 Å². The highest BCUT2D eigenvalue weighted by Crippen LogP contribution is 2.27. The minimum Gasteiger partial charge on any atom is -0.314 e. The maximum absolute atomic E-state index is 12.2. The second-order valence-corrected chi connectivity index (χ2v) is 7.55. The lowest BCUT2D eigenvalue weighted by Gasteiger charge is -2.20. The molecular weight excluding hydrogens is 400 g/mol. The lowest BCUT2D eigenvalue weighted by atomic mass is 10.2. The van der Waals surface area contributed by atoms with Gasteiger partial charge in [0, 0.05) is 24.3 Å². The van der Waals surface area contributed by atoms with Gasteiger partial charge in [0.05, 0.1) is 12.2 Å². The number of rotatable bonds is 5. The van der Waals surface area contributed by atoms with Gasteiger partial charge in [0.25, 0.3) is 5.91 Å². The number of anilines is 1. The molecule has 1 atom stereocenters. The number of urea groups is 1. The summed E-state index contributed by atoms with van der Waals surface area (Å²) in [6.45, 7) is 0.340. The van der Waals surface area contributed by atoms with Crippen LogP contribution in [0.2, 0.25) is 0 Å². The van der Waals surface area contributed by atoms with E-state index in [-0.39, 0.29) is 18.8 Å². The molecule has 1 fully saturated rings. The van der Waals surface area contributed by atoms with E-state index in [1.165, 1.54) is 27.0 Å². The Bertz CT molecular complexity index is 1030. The van der Waals surface area contributed by atoms with E-state index in [1.54, 1.807) is 23.8 Å². The Kier molecular flexibility index (Phi) is 4.18. The molecule has 0 spiro atoms. The number of hydroxylamine groups is 2. The average Bonchev–Trinajstić information content (AvgIpc) is 3.32. The molecule has 1 saturated heterocycles. The van der Waals surface area contributed by atoms with Crippen LogP contribution in [0.25, 0.3) is 5.70 Å². The summed E-state index contributed by atoms with van der Waals surface area (Å²) in [6, 6.07) is 0.0851. The van der Waals surface area contributed by atoms with Gasteiger partial charge < -0.3 is 4.90 Å². The zero-order valence-corrected chi connectivity index (χ0v) is 15.1. The van der Waals surface area contributed by atoms with E-state index in [2.05, 4.69) is 19.7 Å². The van der Waals surface area contributed by atoms with Crippen molar-refractivity contribution in [2.45, 2.75) is 6.04 Å². The predicted molar refractivity (Wildman–Crippen MR) is 91.8 cm³/mol. The van der Waals surface area contributed by atoms with Gasteiger partial charge in [0.15, 0.2) is 10.8 Å². The first-order valence-electron chi connectivity index (χ1n) is 7.53. The highest BCUT2D eigenvalue weighted by atomic mass is 32.3. The van der Waals surface area contributed by atoms with Crippen LogP contribution in [0.1, 0.15) is 10.5 Å². The summed E-state index contributed by atoms with van der Waals surface area (Å²) in [6.07, 6.45) is 4.70. The monoisotopic (exact) mass is 412 g/mol. The minimum absolute atomic E-state index is 0.135. The van der Waals surface area contributed by atoms with E-state index in [4.69, 9.17) is 4.55 Å². The largest absolute Gasteiger partial charge is 0.418 e. The molecule has 142 valence electrons. The molecule has 2 aromatic heterocycles. The molecule has 4 heterocycles. The molecule has 0 saturated carbocycles. The number of nitrogens with zero attached hydrogens (tertiary/aromatic N) is 5. The second-order valence-electron chi connectivity index (χ2n) is 5.65. The number of hydrogen-bond donors (Lipinski definition) is 2. The number of thiazole rings is 1. The smallest absolute Gasteiger partial charge is 0.314 e. The van der Waals surface area contributed by atoms with Crippen LogP contribution in [0.15, 0.2) is 29.9 Å². The molecule has 27 heavy (non-hydrogen) atoms. The molecular formula is C13H12N6O6S2. The van der Waals surface area contributed by atoms with Gasteiger partial charge in [-0.25, -0.2) is 14.5 Å². The van der Waals surface area contributed by atoms with E-state index >= 15 is 0 Å². The van der Waals surface area contributed by atoms with Gasteiger partial charge in [-0.15, -0.1) is 15.6 Å². The van der Waals surface area contributed by atoms with Crippen LogP contribution in [0.3, 0.4) is 0 Å². The van der Waals surface area contributed by atoms with Crippen LogP contribution in [-0.2, 0) is 14.7 Å². The first kappa shape index (κ1) is 17.6. The molecule has 0 aromatic carbocycles. The molecule has 12 nitrogen and oxygen atoms in total. The summed E-state index contributed by atoms with van der Waals surface area (Å²) in [5.41, 5.74) is 0.700. The van der Waals surface area contributed by atoms with E-state index in [0.29, 0.717) is 15.9 Å². The molecule has 3 amide bonds. The molecule has 14 heteroatoms. The summed E-state index contributed by atoms with van der Waals surface area (Å²) >= 11 is 1.27. The number of amides is 3. The Morgan fingerprint density at radius 1 is 1.44 bits per heavy atom. The summed E-state index contributed by atoms with van der Waals surface area (Å²) in [7, 11) is -4.82. The van der Waals surface area contributed by atoms with Crippen LogP contribution in [0.4, 0.5) is 9.93 Å². The Hall–Kier alpha value is -2.81. The van der Waals surface area contributed by atoms with Crippen molar-refractivity contribution in [3.63, 3.8) is 0 Å². The molecule has 2 aliphatic rings. The molecule has 0 radical (unpaired) electrons. The highest BCUT2D eigenvalue weighted by Gasteiger charge is 2.43. The van der Waals surface area contributed by atoms with Crippen molar-refractivity contribution in [1.82, 2.24) is 24.7 Å². The quantitative estimate of drug-likeness (QED) is 0.666. The van der Waals surface area contributed by atoms with Crippen molar-refractivity contribution < 1.29 is 26.8 Å².